The van der Waals surface area contributed by atoms with Gasteiger partial charge in [-0.15, -0.1) is 22.7 Å². The highest BCUT2D eigenvalue weighted by Crippen LogP contribution is 2.26. The van der Waals surface area contributed by atoms with E-state index in [0.717, 1.165) is 51.7 Å². The summed E-state index contributed by atoms with van der Waals surface area (Å²) in [7, 11) is 0. The molecule has 33 heavy (non-hydrogen) atoms. The molecule has 1 N–H and O–H groups in total. The number of hydrogen-bond donors (Lipinski definition) is 1. The fourth-order valence-corrected chi connectivity index (χ4v) is 6.38. The van der Waals surface area contributed by atoms with E-state index in [1.807, 2.05) is 36.9 Å². The first-order chi connectivity index (χ1) is 16.0. The van der Waals surface area contributed by atoms with Crippen molar-refractivity contribution < 1.29 is 4.79 Å². The highest BCUT2D eigenvalue weighted by atomic mass is 32.1. The van der Waals surface area contributed by atoms with Gasteiger partial charge in [-0.25, -0.2) is 9.97 Å². The van der Waals surface area contributed by atoms with Gasteiger partial charge in [0.15, 0.2) is 0 Å². The molecule has 4 heterocycles. The molecule has 0 spiro atoms. The first kappa shape index (κ1) is 22.2. The van der Waals surface area contributed by atoms with Crippen molar-refractivity contribution in [3.8, 4) is 0 Å². The van der Waals surface area contributed by atoms with E-state index < -0.39 is 0 Å². The van der Waals surface area contributed by atoms with Crippen molar-refractivity contribution in [2.75, 3.05) is 26.2 Å². The number of para-hydroxylation sites is 1. The Morgan fingerprint density at radius 3 is 2.67 bits per heavy atom. The van der Waals surface area contributed by atoms with Crippen molar-refractivity contribution in [1.29, 1.82) is 0 Å². The Hall–Kier alpha value is -2.62. The van der Waals surface area contributed by atoms with Crippen LogP contribution in [0.5, 0.6) is 0 Å². The minimum Gasteiger partial charge on any atom is -0.340 e. The molecule has 0 bridgehead atoms. The van der Waals surface area contributed by atoms with Crippen LogP contribution in [-0.2, 0) is 17.8 Å². The molecular formula is C24H27N5O2S2. The van der Waals surface area contributed by atoms with Gasteiger partial charge in [-0.3, -0.25) is 14.5 Å². The third kappa shape index (κ3) is 4.71. The zero-order valence-corrected chi connectivity index (χ0v) is 20.5. The summed E-state index contributed by atoms with van der Waals surface area (Å²) in [6, 6.07) is 8.16. The fourth-order valence-electron chi connectivity index (χ4n) is 4.32. The summed E-state index contributed by atoms with van der Waals surface area (Å²) < 4.78 is 1.20. The Bertz CT molecular complexity index is 1330. The van der Waals surface area contributed by atoms with E-state index in [9.17, 15) is 9.59 Å². The number of nitrogens with zero attached hydrogens (tertiary/aromatic N) is 4. The number of aromatic amines is 1. The zero-order chi connectivity index (χ0) is 22.9. The van der Waals surface area contributed by atoms with Crippen LogP contribution in [-0.4, -0.2) is 56.8 Å². The molecule has 1 saturated heterocycles. The Balaban J connectivity index is 1.11. The number of rotatable bonds is 6. The highest BCUT2D eigenvalue weighted by molar-refractivity contribution is 7.19. The molecule has 1 aliphatic heterocycles. The van der Waals surface area contributed by atoms with Gasteiger partial charge in [-0.1, -0.05) is 12.1 Å². The molecule has 0 aliphatic carbocycles. The second-order valence-electron chi connectivity index (χ2n) is 8.56. The monoisotopic (exact) mass is 481 g/mol. The number of benzene rings is 1. The number of carbonyl (C=O) groups excluding carboxylic acids is 1. The second-order valence-corrected chi connectivity index (χ2v) is 10.9. The number of hydrogen-bond acceptors (Lipinski definition) is 7. The van der Waals surface area contributed by atoms with Crippen molar-refractivity contribution >= 4 is 49.0 Å². The first-order valence-electron chi connectivity index (χ1n) is 11.3. The Morgan fingerprint density at radius 2 is 1.88 bits per heavy atom. The molecule has 1 fully saturated rings. The van der Waals surface area contributed by atoms with Crippen molar-refractivity contribution in [1.82, 2.24) is 24.8 Å². The predicted molar refractivity (Wildman–Crippen MR) is 134 cm³/mol. The number of carbonyl (C=O) groups is 1. The molecule has 172 valence electrons. The van der Waals surface area contributed by atoms with Crippen molar-refractivity contribution in [3.63, 3.8) is 0 Å². The molecule has 3 aromatic heterocycles. The quantitative estimate of drug-likeness (QED) is 0.452. The number of fused-ring (bicyclic) bond motifs is 2. The summed E-state index contributed by atoms with van der Waals surface area (Å²) in [6.45, 7) is 7.59. The summed E-state index contributed by atoms with van der Waals surface area (Å²) in [5.74, 6) is 0.914. The van der Waals surface area contributed by atoms with Gasteiger partial charge in [0.2, 0.25) is 5.91 Å². The number of amides is 1. The maximum atomic E-state index is 12.7. The van der Waals surface area contributed by atoms with Gasteiger partial charge < -0.3 is 9.88 Å². The van der Waals surface area contributed by atoms with E-state index >= 15 is 0 Å². The van der Waals surface area contributed by atoms with Gasteiger partial charge >= 0.3 is 0 Å². The molecule has 5 rings (SSSR count). The number of thiazole rings is 1. The first-order valence-corrected chi connectivity index (χ1v) is 12.9. The minimum absolute atomic E-state index is 0.0567. The Morgan fingerprint density at radius 1 is 1.09 bits per heavy atom. The van der Waals surface area contributed by atoms with Crippen LogP contribution in [0.25, 0.3) is 20.4 Å². The molecule has 9 heteroatoms. The second kappa shape index (κ2) is 9.32. The summed E-state index contributed by atoms with van der Waals surface area (Å²) >= 11 is 3.29. The summed E-state index contributed by atoms with van der Waals surface area (Å²) in [5.41, 5.74) is 2.00. The normalized spacial score (nSPS) is 15.0. The van der Waals surface area contributed by atoms with Gasteiger partial charge in [0.1, 0.15) is 10.7 Å². The SMILES string of the molecule is Cc1sc2nc(CN3CCN(C(=O)CCCc4nc5ccccc5s4)CC3)[nH]c(=O)c2c1C. The van der Waals surface area contributed by atoms with Gasteiger partial charge in [0, 0.05) is 37.5 Å². The van der Waals surface area contributed by atoms with Crippen molar-refractivity contribution in [2.45, 2.75) is 39.7 Å². The molecule has 1 aliphatic rings. The van der Waals surface area contributed by atoms with Crippen LogP contribution in [0.3, 0.4) is 0 Å². The van der Waals surface area contributed by atoms with E-state index in [-0.39, 0.29) is 11.5 Å². The van der Waals surface area contributed by atoms with Crippen LogP contribution < -0.4 is 5.56 Å². The number of H-pyrrole nitrogens is 1. The molecule has 0 atom stereocenters. The predicted octanol–water partition coefficient (Wildman–Crippen LogP) is 3.88. The third-order valence-electron chi connectivity index (χ3n) is 6.31. The highest BCUT2D eigenvalue weighted by Gasteiger charge is 2.22. The Labute approximate surface area is 200 Å². The van der Waals surface area contributed by atoms with Crippen LogP contribution in [0, 0.1) is 13.8 Å². The average Bonchev–Trinajstić information content (AvgIpc) is 3.34. The number of aryl methyl sites for hydroxylation is 3. The largest absolute Gasteiger partial charge is 0.340 e. The average molecular weight is 482 g/mol. The van der Waals surface area contributed by atoms with Crippen molar-refractivity contribution in [2.24, 2.45) is 0 Å². The molecule has 7 nitrogen and oxygen atoms in total. The minimum atomic E-state index is -0.0567. The van der Waals surface area contributed by atoms with Gasteiger partial charge in [0.25, 0.3) is 5.56 Å². The third-order valence-corrected chi connectivity index (χ3v) is 8.50. The lowest BCUT2D eigenvalue weighted by Gasteiger charge is -2.34. The summed E-state index contributed by atoms with van der Waals surface area (Å²) in [4.78, 5) is 43.6. The van der Waals surface area contributed by atoms with Gasteiger partial charge in [0.05, 0.1) is 27.2 Å². The zero-order valence-electron chi connectivity index (χ0n) is 18.9. The van der Waals surface area contributed by atoms with Crippen LogP contribution in [0.4, 0.5) is 0 Å². The molecule has 0 unspecified atom stereocenters. The van der Waals surface area contributed by atoms with Gasteiger partial charge in [-0.2, -0.15) is 0 Å². The van der Waals surface area contributed by atoms with Crippen LogP contribution in [0.1, 0.15) is 34.1 Å². The molecule has 1 aromatic carbocycles. The fraction of sp³-hybridized carbons (Fsp3) is 0.417. The van der Waals surface area contributed by atoms with Crippen LogP contribution in [0.15, 0.2) is 29.1 Å². The number of piperazine rings is 1. The number of aromatic nitrogens is 3. The lowest BCUT2D eigenvalue weighted by Crippen LogP contribution is -2.48. The molecule has 0 radical (unpaired) electrons. The van der Waals surface area contributed by atoms with E-state index in [4.69, 9.17) is 0 Å². The maximum absolute atomic E-state index is 12.7. The Kier molecular flexibility index (Phi) is 6.27. The van der Waals surface area contributed by atoms with E-state index in [1.54, 1.807) is 22.7 Å². The van der Waals surface area contributed by atoms with Crippen LogP contribution in [0.2, 0.25) is 0 Å². The topological polar surface area (TPSA) is 82.2 Å². The lowest BCUT2D eigenvalue weighted by molar-refractivity contribution is -0.133. The molecule has 1 amide bonds. The van der Waals surface area contributed by atoms with E-state index in [2.05, 4.69) is 25.9 Å². The molecule has 0 saturated carbocycles. The number of thiophene rings is 1. The maximum Gasteiger partial charge on any atom is 0.259 e. The van der Waals surface area contributed by atoms with Crippen LogP contribution >= 0.6 is 22.7 Å². The number of nitrogens with one attached hydrogen (secondary N) is 1. The van der Waals surface area contributed by atoms with Gasteiger partial charge in [-0.05, 0) is 44.4 Å². The lowest BCUT2D eigenvalue weighted by atomic mass is 10.2. The smallest absolute Gasteiger partial charge is 0.259 e. The molecule has 4 aromatic rings. The summed E-state index contributed by atoms with van der Waals surface area (Å²) in [6.07, 6.45) is 2.22. The van der Waals surface area contributed by atoms with E-state index in [0.29, 0.717) is 37.3 Å². The van der Waals surface area contributed by atoms with Crippen molar-refractivity contribution in [3.05, 3.63) is 55.9 Å². The summed E-state index contributed by atoms with van der Waals surface area (Å²) in [5, 5.41) is 1.81. The standard InChI is InChI=1S/C24H27N5O2S2/c1-15-16(2)32-24-22(15)23(31)26-19(27-24)14-28-10-12-29(13-11-28)21(30)9-5-8-20-25-17-6-3-4-7-18(17)33-20/h3-4,6-7H,5,8-14H2,1-2H3,(H,26,27,31). The van der Waals surface area contributed by atoms with E-state index in [1.165, 1.54) is 4.70 Å². The molecular weight excluding hydrogens is 454 g/mol.